The number of aryl methyl sites for hydroxylation is 1. The lowest BCUT2D eigenvalue weighted by Gasteiger charge is -2.04. The number of fused-ring (bicyclic) bond motifs is 1. The summed E-state index contributed by atoms with van der Waals surface area (Å²) >= 11 is 1.64. The summed E-state index contributed by atoms with van der Waals surface area (Å²) in [5, 5.41) is 8.72. The summed E-state index contributed by atoms with van der Waals surface area (Å²) in [7, 11) is 0. The quantitative estimate of drug-likeness (QED) is 0.702. The zero-order valence-electron chi connectivity index (χ0n) is 9.21. The SMILES string of the molecule is Cc1ccccc1Sc1ncnc2[nH]ncc12. The Morgan fingerprint density at radius 2 is 2.06 bits per heavy atom. The van der Waals surface area contributed by atoms with Crippen molar-refractivity contribution in [1.29, 1.82) is 0 Å². The Hall–Kier alpha value is -1.88. The van der Waals surface area contributed by atoms with Gasteiger partial charge in [-0.3, -0.25) is 5.10 Å². The van der Waals surface area contributed by atoms with E-state index in [9.17, 15) is 0 Å². The second-order valence-electron chi connectivity index (χ2n) is 3.68. The topological polar surface area (TPSA) is 54.5 Å². The average Bonchev–Trinajstić information content (AvgIpc) is 2.81. The predicted octanol–water partition coefficient (Wildman–Crippen LogP) is 2.81. The molecule has 0 bridgehead atoms. The molecule has 0 aliphatic rings. The summed E-state index contributed by atoms with van der Waals surface area (Å²) < 4.78 is 0. The maximum atomic E-state index is 4.31. The van der Waals surface area contributed by atoms with Crippen LogP contribution >= 0.6 is 11.8 Å². The third-order valence-electron chi connectivity index (χ3n) is 2.51. The molecule has 0 unspecified atom stereocenters. The Morgan fingerprint density at radius 1 is 1.18 bits per heavy atom. The van der Waals surface area contributed by atoms with Gasteiger partial charge in [0.25, 0.3) is 0 Å². The number of benzene rings is 1. The smallest absolute Gasteiger partial charge is 0.159 e. The number of nitrogens with one attached hydrogen (secondary N) is 1. The highest BCUT2D eigenvalue weighted by molar-refractivity contribution is 7.99. The predicted molar refractivity (Wildman–Crippen MR) is 67.0 cm³/mol. The fourth-order valence-corrected chi connectivity index (χ4v) is 2.54. The normalized spacial score (nSPS) is 10.9. The fourth-order valence-electron chi connectivity index (χ4n) is 1.60. The Labute approximate surface area is 102 Å². The first-order chi connectivity index (χ1) is 8.34. The maximum Gasteiger partial charge on any atom is 0.159 e. The van der Waals surface area contributed by atoms with E-state index < -0.39 is 0 Å². The average molecular weight is 242 g/mol. The molecule has 0 amide bonds. The van der Waals surface area contributed by atoms with Crippen molar-refractivity contribution in [3.8, 4) is 0 Å². The lowest BCUT2D eigenvalue weighted by atomic mass is 10.2. The molecule has 3 aromatic rings. The van der Waals surface area contributed by atoms with Gasteiger partial charge in [0, 0.05) is 4.90 Å². The van der Waals surface area contributed by atoms with Crippen molar-refractivity contribution < 1.29 is 0 Å². The van der Waals surface area contributed by atoms with Crippen molar-refractivity contribution in [1.82, 2.24) is 20.2 Å². The van der Waals surface area contributed by atoms with Gasteiger partial charge < -0.3 is 0 Å². The summed E-state index contributed by atoms with van der Waals surface area (Å²) in [5.41, 5.74) is 2.02. The van der Waals surface area contributed by atoms with Gasteiger partial charge in [-0.15, -0.1) is 0 Å². The first-order valence-corrected chi connectivity index (χ1v) is 6.04. The van der Waals surface area contributed by atoms with Crippen LogP contribution in [-0.4, -0.2) is 20.2 Å². The molecule has 5 heteroatoms. The third-order valence-corrected chi connectivity index (χ3v) is 3.71. The van der Waals surface area contributed by atoms with Crippen LogP contribution in [0.3, 0.4) is 0 Å². The van der Waals surface area contributed by atoms with E-state index in [2.05, 4.69) is 39.2 Å². The summed E-state index contributed by atoms with van der Waals surface area (Å²) in [6, 6.07) is 8.25. The number of hydrogen-bond acceptors (Lipinski definition) is 4. The largest absolute Gasteiger partial charge is 0.261 e. The molecular weight excluding hydrogens is 232 g/mol. The molecule has 0 aliphatic carbocycles. The Morgan fingerprint density at radius 3 is 2.94 bits per heavy atom. The first kappa shape index (κ1) is 10.3. The monoisotopic (exact) mass is 242 g/mol. The molecule has 0 saturated heterocycles. The lowest BCUT2D eigenvalue weighted by Crippen LogP contribution is -1.85. The van der Waals surface area contributed by atoms with Gasteiger partial charge in [-0.1, -0.05) is 30.0 Å². The minimum absolute atomic E-state index is 0.774. The van der Waals surface area contributed by atoms with Crippen molar-refractivity contribution in [3.63, 3.8) is 0 Å². The van der Waals surface area contributed by atoms with Crippen LogP contribution in [0.25, 0.3) is 11.0 Å². The summed E-state index contributed by atoms with van der Waals surface area (Å²) in [6.07, 6.45) is 3.32. The molecular formula is C12H10N4S. The number of aromatic nitrogens is 4. The molecule has 0 spiro atoms. The van der Waals surface area contributed by atoms with E-state index in [1.165, 1.54) is 10.5 Å². The molecule has 84 valence electrons. The van der Waals surface area contributed by atoms with Crippen LogP contribution in [-0.2, 0) is 0 Å². The maximum absolute atomic E-state index is 4.31. The molecule has 0 radical (unpaired) electrons. The van der Waals surface area contributed by atoms with Crippen molar-refractivity contribution >= 4 is 22.8 Å². The Bertz CT molecular complexity index is 662. The van der Waals surface area contributed by atoms with E-state index in [4.69, 9.17) is 0 Å². The van der Waals surface area contributed by atoms with Crippen LogP contribution in [0, 0.1) is 6.92 Å². The van der Waals surface area contributed by atoms with E-state index >= 15 is 0 Å². The Kier molecular flexibility index (Phi) is 2.53. The number of H-pyrrole nitrogens is 1. The molecule has 1 aromatic carbocycles. The molecule has 17 heavy (non-hydrogen) atoms. The van der Waals surface area contributed by atoms with Gasteiger partial charge in [-0.05, 0) is 18.6 Å². The molecule has 3 rings (SSSR count). The van der Waals surface area contributed by atoms with E-state index in [0.29, 0.717) is 0 Å². The van der Waals surface area contributed by atoms with Gasteiger partial charge >= 0.3 is 0 Å². The second kappa shape index (κ2) is 4.18. The minimum Gasteiger partial charge on any atom is -0.261 e. The highest BCUT2D eigenvalue weighted by atomic mass is 32.2. The van der Waals surface area contributed by atoms with E-state index in [1.54, 1.807) is 24.3 Å². The third kappa shape index (κ3) is 1.89. The van der Waals surface area contributed by atoms with Crippen molar-refractivity contribution in [2.45, 2.75) is 16.8 Å². The molecule has 0 atom stereocenters. The highest BCUT2D eigenvalue weighted by Gasteiger charge is 2.08. The molecule has 2 heterocycles. The number of aromatic amines is 1. The molecule has 0 fully saturated rings. The second-order valence-corrected chi connectivity index (χ2v) is 4.71. The van der Waals surface area contributed by atoms with Crippen LogP contribution in [0.5, 0.6) is 0 Å². The molecule has 0 aliphatic heterocycles. The van der Waals surface area contributed by atoms with Gasteiger partial charge in [0.1, 0.15) is 11.4 Å². The zero-order chi connectivity index (χ0) is 11.7. The standard InChI is InChI=1S/C12H10N4S/c1-8-4-2-3-5-10(8)17-12-9-6-15-16-11(9)13-7-14-12/h2-7H,1H3,(H,13,14,15,16). The number of hydrogen-bond donors (Lipinski definition) is 1. The lowest BCUT2D eigenvalue weighted by molar-refractivity contribution is 1.07. The first-order valence-electron chi connectivity index (χ1n) is 5.22. The molecule has 2 aromatic heterocycles. The highest BCUT2D eigenvalue weighted by Crippen LogP contribution is 2.31. The molecule has 4 nitrogen and oxygen atoms in total. The van der Waals surface area contributed by atoms with E-state index in [-0.39, 0.29) is 0 Å². The van der Waals surface area contributed by atoms with E-state index in [0.717, 1.165) is 16.1 Å². The van der Waals surface area contributed by atoms with Crippen LogP contribution < -0.4 is 0 Å². The van der Waals surface area contributed by atoms with Crippen LogP contribution in [0.2, 0.25) is 0 Å². The zero-order valence-corrected chi connectivity index (χ0v) is 10.0. The van der Waals surface area contributed by atoms with Gasteiger partial charge in [-0.25, -0.2) is 9.97 Å². The molecule has 0 saturated carbocycles. The van der Waals surface area contributed by atoms with Crippen molar-refractivity contribution in [3.05, 3.63) is 42.4 Å². The number of rotatable bonds is 2. The van der Waals surface area contributed by atoms with Gasteiger partial charge in [0.05, 0.1) is 11.6 Å². The van der Waals surface area contributed by atoms with Gasteiger partial charge in [0.2, 0.25) is 0 Å². The van der Waals surface area contributed by atoms with E-state index in [1.807, 2.05) is 12.1 Å². The van der Waals surface area contributed by atoms with Crippen LogP contribution in [0.1, 0.15) is 5.56 Å². The summed E-state index contributed by atoms with van der Waals surface area (Å²) in [4.78, 5) is 9.63. The minimum atomic E-state index is 0.774. The Balaban J connectivity index is 2.06. The van der Waals surface area contributed by atoms with Crippen molar-refractivity contribution in [2.24, 2.45) is 0 Å². The summed E-state index contributed by atoms with van der Waals surface area (Å²) in [5.74, 6) is 0. The van der Waals surface area contributed by atoms with Crippen molar-refractivity contribution in [2.75, 3.05) is 0 Å². The van der Waals surface area contributed by atoms with Gasteiger partial charge in [-0.2, -0.15) is 5.10 Å². The fraction of sp³-hybridized carbons (Fsp3) is 0.0833. The van der Waals surface area contributed by atoms with Gasteiger partial charge in [0.15, 0.2) is 5.65 Å². The van der Waals surface area contributed by atoms with Crippen LogP contribution in [0.15, 0.2) is 46.7 Å². The van der Waals surface area contributed by atoms with Crippen LogP contribution in [0.4, 0.5) is 0 Å². The summed E-state index contributed by atoms with van der Waals surface area (Å²) in [6.45, 7) is 2.09. The number of nitrogens with zero attached hydrogens (tertiary/aromatic N) is 3. The molecule has 1 N–H and O–H groups in total.